The highest BCUT2D eigenvalue weighted by Crippen LogP contribution is 2.36. The molecule has 1 aromatic heterocycles. The van der Waals surface area contributed by atoms with Crippen molar-refractivity contribution in [1.29, 1.82) is 0 Å². The SMILES string of the molecule is COC(=O)c1c(C(=O)OC)c(-c2ccccc2)n(-c2ccccc2)c1C(=O)OC. The third kappa shape index (κ3) is 3.50. The number of hydrogen-bond acceptors (Lipinski definition) is 6. The van der Waals surface area contributed by atoms with Crippen LogP contribution in [0.4, 0.5) is 0 Å². The molecule has 0 spiro atoms. The van der Waals surface area contributed by atoms with Crippen LogP contribution in [0.2, 0.25) is 0 Å². The summed E-state index contributed by atoms with van der Waals surface area (Å²) in [6, 6.07) is 17.8. The van der Waals surface area contributed by atoms with E-state index in [9.17, 15) is 14.4 Å². The number of rotatable bonds is 5. The minimum absolute atomic E-state index is 0.0743. The van der Waals surface area contributed by atoms with Gasteiger partial charge < -0.3 is 18.8 Å². The predicted molar refractivity (Wildman–Crippen MR) is 105 cm³/mol. The number of carbonyl (C=O) groups is 3. The van der Waals surface area contributed by atoms with Crippen molar-refractivity contribution in [2.75, 3.05) is 21.3 Å². The molecule has 2 aromatic carbocycles. The lowest BCUT2D eigenvalue weighted by Crippen LogP contribution is -2.16. The molecular formula is C22H19NO6. The van der Waals surface area contributed by atoms with Gasteiger partial charge in [-0.3, -0.25) is 0 Å². The maximum atomic E-state index is 12.8. The van der Waals surface area contributed by atoms with E-state index in [1.54, 1.807) is 48.5 Å². The van der Waals surface area contributed by atoms with Crippen molar-refractivity contribution in [3.8, 4) is 16.9 Å². The van der Waals surface area contributed by atoms with Crippen LogP contribution in [0.15, 0.2) is 60.7 Å². The van der Waals surface area contributed by atoms with Gasteiger partial charge in [-0.15, -0.1) is 0 Å². The van der Waals surface area contributed by atoms with Gasteiger partial charge >= 0.3 is 17.9 Å². The van der Waals surface area contributed by atoms with Crippen LogP contribution in [0.25, 0.3) is 16.9 Å². The van der Waals surface area contributed by atoms with Gasteiger partial charge in [0.1, 0.15) is 16.8 Å². The molecule has 0 radical (unpaired) electrons. The topological polar surface area (TPSA) is 83.8 Å². The number of benzene rings is 2. The fourth-order valence-corrected chi connectivity index (χ4v) is 3.17. The van der Waals surface area contributed by atoms with Crippen LogP contribution in [-0.4, -0.2) is 43.8 Å². The maximum absolute atomic E-state index is 12.8. The molecule has 7 nitrogen and oxygen atoms in total. The molecule has 0 aliphatic carbocycles. The summed E-state index contributed by atoms with van der Waals surface area (Å²) in [6.07, 6.45) is 0. The van der Waals surface area contributed by atoms with Crippen molar-refractivity contribution in [2.45, 2.75) is 0 Å². The molecule has 1 heterocycles. The van der Waals surface area contributed by atoms with Crippen LogP contribution in [0, 0.1) is 0 Å². The number of ether oxygens (including phenoxy) is 3. The number of nitrogens with zero attached hydrogens (tertiary/aromatic N) is 1. The highest BCUT2D eigenvalue weighted by molar-refractivity contribution is 6.14. The summed E-state index contributed by atoms with van der Waals surface area (Å²) >= 11 is 0. The average Bonchev–Trinajstić information content (AvgIpc) is 3.14. The van der Waals surface area contributed by atoms with Crippen molar-refractivity contribution >= 4 is 17.9 Å². The molecule has 0 fully saturated rings. The fourth-order valence-electron chi connectivity index (χ4n) is 3.17. The quantitative estimate of drug-likeness (QED) is 0.487. The molecule has 0 atom stereocenters. The molecule has 0 unspecified atom stereocenters. The Morgan fingerprint density at radius 3 is 1.66 bits per heavy atom. The standard InChI is InChI=1S/C22H19NO6/c1-27-20(24)16-17(21(25)28-2)19(22(26)29-3)23(15-12-8-5-9-13-15)18(16)14-10-6-4-7-11-14/h4-13H,1-3H3. The zero-order valence-corrected chi connectivity index (χ0v) is 16.2. The van der Waals surface area contributed by atoms with Gasteiger partial charge in [0.25, 0.3) is 0 Å². The Bertz CT molecular complexity index is 977. The van der Waals surface area contributed by atoms with E-state index in [0.29, 0.717) is 16.9 Å². The highest BCUT2D eigenvalue weighted by atomic mass is 16.5. The molecule has 148 valence electrons. The predicted octanol–water partition coefficient (Wildman–Crippen LogP) is 3.50. The molecular weight excluding hydrogens is 374 g/mol. The van der Waals surface area contributed by atoms with Crippen LogP contribution in [0.1, 0.15) is 31.2 Å². The van der Waals surface area contributed by atoms with Gasteiger partial charge in [0.2, 0.25) is 0 Å². The van der Waals surface area contributed by atoms with E-state index in [2.05, 4.69) is 0 Å². The van der Waals surface area contributed by atoms with E-state index in [4.69, 9.17) is 14.2 Å². The molecule has 0 saturated heterocycles. The van der Waals surface area contributed by atoms with E-state index in [-0.39, 0.29) is 16.8 Å². The lowest BCUT2D eigenvalue weighted by Gasteiger charge is -2.13. The molecule has 7 heteroatoms. The Morgan fingerprint density at radius 1 is 0.655 bits per heavy atom. The van der Waals surface area contributed by atoms with Crippen LogP contribution >= 0.6 is 0 Å². The zero-order chi connectivity index (χ0) is 21.0. The third-order valence-corrected chi connectivity index (χ3v) is 4.39. The molecule has 3 aromatic rings. The molecule has 0 bridgehead atoms. The summed E-state index contributed by atoms with van der Waals surface area (Å²) < 4.78 is 16.3. The van der Waals surface area contributed by atoms with Gasteiger partial charge in [-0.05, 0) is 17.7 Å². The van der Waals surface area contributed by atoms with Gasteiger partial charge in [-0.2, -0.15) is 0 Å². The monoisotopic (exact) mass is 393 g/mol. The first-order valence-electron chi connectivity index (χ1n) is 8.69. The van der Waals surface area contributed by atoms with Crippen molar-refractivity contribution in [1.82, 2.24) is 4.57 Å². The summed E-state index contributed by atoms with van der Waals surface area (Å²) in [6.45, 7) is 0. The van der Waals surface area contributed by atoms with Crippen molar-refractivity contribution in [3.05, 3.63) is 77.5 Å². The first-order chi connectivity index (χ1) is 14.0. The highest BCUT2D eigenvalue weighted by Gasteiger charge is 2.37. The smallest absolute Gasteiger partial charge is 0.355 e. The lowest BCUT2D eigenvalue weighted by molar-refractivity contribution is 0.0536. The Balaban J connectivity index is 2.56. The van der Waals surface area contributed by atoms with Gasteiger partial charge in [0, 0.05) is 5.69 Å². The molecule has 0 N–H and O–H groups in total. The molecule has 0 amide bonds. The number of hydrogen-bond donors (Lipinski definition) is 0. The van der Waals surface area contributed by atoms with E-state index < -0.39 is 17.9 Å². The Labute approximate surface area is 167 Å². The molecule has 0 aliphatic rings. The first-order valence-corrected chi connectivity index (χ1v) is 8.69. The van der Waals surface area contributed by atoms with Gasteiger partial charge in [0.05, 0.1) is 27.0 Å². The Hall–Kier alpha value is -3.87. The summed E-state index contributed by atoms with van der Waals surface area (Å²) in [4.78, 5) is 38.2. The molecule has 29 heavy (non-hydrogen) atoms. The summed E-state index contributed by atoms with van der Waals surface area (Å²) in [5, 5.41) is 0. The normalized spacial score (nSPS) is 10.3. The fraction of sp³-hybridized carbons (Fsp3) is 0.136. The number of carbonyl (C=O) groups excluding carboxylic acids is 3. The second-order valence-corrected chi connectivity index (χ2v) is 5.96. The molecule has 3 rings (SSSR count). The van der Waals surface area contributed by atoms with Crippen LogP contribution in [-0.2, 0) is 14.2 Å². The Morgan fingerprint density at radius 2 is 1.14 bits per heavy atom. The van der Waals surface area contributed by atoms with Crippen molar-refractivity contribution < 1.29 is 28.6 Å². The zero-order valence-electron chi connectivity index (χ0n) is 16.2. The Kier molecular flexibility index (Phi) is 5.78. The second-order valence-electron chi connectivity index (χ2n) is 5.96. The van der Waals surface area contributed by atoms with E-state index in [1.807, 2.05) is 12.1 Å². The molecule has 0 aliphatic heterocycles. The third-order valence-electron chi connectivity index (χ3n) is 4.39. The average molecular weight is 393 g/mol. The molecule has 0 saturated carbocycles. The largest absolute Gasteiger partial charge is 0.465 e. The number of para-hydroxylation sites is 1. The van der Waals surface area contributed by atoms with E-state index in [1.165, 1.54) is 25.9 Å². The summed E-state index contributed by atoms with van der Waals surface area (Å²) in [7, 11) is 3.58. The minimum Gasteiger partial charge on any atom is -0.465 e. The van der Waals surface area contributed by atoms with Crippen LogP contribution < -0.4 is 0 Å². The van der Waals surface area contributed by atoms with Gasteiger partial charge in [-0.25, -0.2) is 14.4 Å². The summed E-state index contributed by atoms with van der Waals surface area (Å²) in [5.74, 6) is -2.41. The second kappa shape index (κ2) is 8.43. The number of esters is 3. The van der Waals surface area contributed by atoms with Crippen LogP contribution in [0.3, 0.4) is 0 Å². The van der Waals surface area contributed by atoms with Crippen LogP contribution in [0.5, 0.6) is 0 Å². The lowest BCUT2D eigenvalue weighted by atomic mass is 10.0. The van der Waals surface area contributed by atoms with Crippen molar-refractivity contribution in [3.63, 3.8) is 0 Å². The van der Waals surface area contributed by atoms with Gasteiger partial charge in [-0.1, -0.05) is 48.5 Å². The first kappa shape index (κ1) is 19.9. The maximum Gasteiger partial charge on any atom is 0.355 e. The van der Waals surface area contributed by atoms with Gasteiger partial charge in [0.15, 0.2) is 0 Å². The number of methoxy groups -OCH3 is 3. The minimum atomic E-state index is -0.849. The van der Waals surface area contributed by atoms with E-state index in [0.717, 1.165) is 0 Å². The summed E-state index contributed by atoms with van der Waals surface area (Å²) in [5.41, 5.74) is 1.09. The number of aromatic nitrogens is 1. The van der Waals surface area contributed by atoms with E-state index >= 15 is 0 Å². The van der Waals surface area contributed by atoms with Crippen molar-refractivity contribution in [2.24, 2.45) is 0 Å².